The molecule has 1 aromatic heterocycles. The van der Waals surface area contributed by atoms with Crippen molar-refractivity contribution in [3.05, 3.63) is 18.0 Å². The van der Waals surface area contributed by atoms with Crippen LogP contribution in [0.25, 0.3) is 0 Å². The number of nitrogens with one attached hydrogen (secondary N) is 1. The molecule has 2 N–H and O–H groups in total. The molecule has 0 bridgehead atoms. The van der Waals surface area contributed by atoms with Crippen molar-refractivity contribution in [2.45, 2.75) is 25.8 Å². The molecule has 0 atom stereocenters. The van der Waals surface area contributed by atoms with E-state index in [0.717, 1.165) is 5.56 Å². The van der Waals surface area contributed by atoms with Gasteiger partial charge in [0.2, 0.25) is 5.95 Å². The molecule has 0 unspecified atom stereocenters. The summed E-state index contributed by atoms with van der Waals surface area (Å²) in [6.45, 7) is 1.92. The zero-order valence-corrected chi connectivity index (χ0v) is 8.47. The molecule has 0 spiro atoms. The van der Waals surface area contributed by atoms with Gasteiger partial charge in [0.25, 0.3) is 0 Å². The van der Waals surface area contributed by atoms with Gasteiger partial charge >= 0.3 is 5.97 Å². The molecule has 0 saturated heterocycles. The van der Waals surface area contributed by atoms with E-state index in [1.165, 1.54) is 0 Å². The summed E-state index contributed by atoms with van der Waals surface area (Å²) in [6, 6.07) is 0.203. The van der Waals surface area contributed by atoms with Gasteiger partial charge in [0.1, 0.15) is 0 Å². The van der Waals surface area contributed by atoms with Crippen molar-refractivity contribution in [2.75, 3.05) is 5.32 Å². The number of hydrogen-bond donors (Lipinski definition) is 2. The molecule has 1 aliphatic rings. The third kappa shape index (κ3) is 2.23. The van der Waals surface area contributed by atoms with Crippen LogP contribution in [-0.4, -0.2) is 27.1 Å². The second-order valence-electron chi connectivity index (χ2n) is 3.93. The Labute approximate surface area is 87.6 Å². The Hall–Kier alpha value is -1.65. The van der Waals surface area contributed by atoms with Crippen molar-refractivity contribution < 1.29 is 9.90 Å². The molecule has 5 heteroatoms. The van der Waals surface area contributed by atoms with Gasteiger partial charge in [0, 0.05) is 18.4 Å². The average Bonchev–Trinajstić information content (AvgIpc) is 2.13. The lowest BCUT2D eigenvalue weighted by molar-refractivity contribution is -0.144. The predicted octanol–water partition coefficient (Wildman–Crippen LogP) is 1.06. The number of nitrogens with zero attached hydrogens (tertiary/aromatic N) is 2. The second kappa shape index (κ2) is 3.84. The van der Waals surface area contributed by atoms with Crippen LogP contribution in [0.15, 0.2) is 12.4 Å². The minimum Gasteiger partial charge on any atom is -0.481 e. The topological polar surface area (TPSA) is 75.1 Å². The average molecular weight is 207 g/mol. The first-order valence-corrected chi connectivity index (χ1v) is 4.93. The van der Waals surface area contributed by atoms with Crippen molar-refractivity contribution in [1.82, 2.24) is 9.97 Å². The molecule has 1 heterocycles. The summed E-state index contributed by atoms with van der Waals surface area (Å²) >= 11 is 0. The van der Waals surface area contributed by atoms with E-state index in [1.807, 2.05) is 6.92 Å². The molecule has 1 saturated carbocycles. The van der Waals surface area contributed by atoms with E-state index in [2.05, 4.69) is 15.3 Å². The number of carbonyl (C=O) groups is 1. The van der Waals surface area contributed by atoms with Gasteiger partial charge in [-0.15, -0.1) is 0 Å². The summed E-state index contributed by atoms with van der Waals surface area (Å²) in [7, 11) is 0. The number of aryl methyl sites for hydroxylation is 1. The van der Waals surface area contributed by atoms with Crippen molar-refractivity contribution >= 4 is 11.9 Å². The van der Waals surface area contributed by atoms with Crippen LogP contribution in [0.4, 0.5) is 5.95 Å². The van der Waals surface area contributed by atoms with E-state index in [9.17, 15) is 4.79 Å². The number of aliphatic carboxylic acids is 1. The summed E-state index contributed by atoms with van der Waals surface area (Å²) in [6.07, 6.45) is 4.80. The molecule has 0 radical (unpaired) electrons. The molecule has 80 valence electrons. The van der Waals surface area contributed by atoms with Crippen LogP contribution >= 0.6 is 0 Å². The molecule has 1 fully saturated rings. The zero-order chi connectivity index (χ0) is 10.8. The minimum atomic E-state index is -0.710. The Morgan fingerprint density at radius 3 is 2.60 bits per heavy atom. The van der Waals surface area contributed by atoms with Crippen LogP contribution in [0.3, 0.4) is 0 Å². The minimum absolute atomic E-state index is 0.201. The second-order valence-corrected chi connectivity index (χ2v) is 3.93. The van der Waals surface area contributed by atoms with E-state index in [-0.39, 0.29) is 12.0 Å². The first-order valence-electron chi connectivity index (χ1n) is 4.93. The standard InChI is InChI=1S/C10H13N3O2/c1-6-4-11-10(12-5-6)13-8-2-7(3-8)9(14)15/h4-5,7-8H,2-3H2,1H3,(H,14,15)(H,11,12,13). The fourth-order valence-electron chi connectivity index (χ4n) is 1.59. The van der Waals surface area contributed by atoms with Crippen LogP contribution < -0.4 is 5.32 Å². The van der Waals surface area contributed by atoms with Crippen molar-refractivity contribution in [1.29, 1.82) is 0 Å². The molecule has 0 amide bonds. The quantitative estimate of drug-likeness (QED) is 0.775. The summed E-state index contributed by atoms with van der Waals surface area (Å²) in [5, 5.41) is 11.8. The van der Waals surface area contributed by atoms with Gasteiger partial charge in [0.15, 0.2) is 0 Å². The highest BCUT2D eigenvalue weighted by Gasteiger charge is 2.34. The zero-order valence-electron chi connectivity index (χ0n) is 8.47. The maximum atomic E-state index is 10.6. The summed E-state index contributed by atoms with van der Waals surface area (Å²) in [5.41, 5.74) is 1.01. The molecule has 5 nitrogen and oxygen atoms in total. The van der Waals surface area contributed by atoms with Crippen LogP contribution in [-0.2, 0) is 4.79 Å². The number of rotatable bonds is 3. The lowest BCUT2D eigenvalue weighted by Gasteiger charge is -2.32. The van der Waals surface area contributed by atoms with Gasteiger partial charge in [-0.2, -0.15) is 0 Å². The number of anilines is 1. The van der Waals surface area contributed by atoms with Gasteiger partial charge < -0.3 is 10.4 Å². The van der Waals surface area contributed by atoms with Crippen molar-refractivity contribution in [2.24, 2.45) is 5.92 Å². The monoisotopic (exact) mass is 207 g/mol. The Kier molecular flexibility index (Phi) is 2.53. The third-order valence-electron chi connectivity index (χ3n) is 2.60. The SMILES string of the molecule is Cc1cnc(NC2CC(C(=O)O)C2)nc1. The Morgan fingerprint density at radius 2 is 2.07 bits per heavy atom. The molecular formula is C10H13N3O2. The number of hydrogen-bond acceptors (Lipinski definition) is 4. The fourth-order valence-corrected chi connectivity index (χ4v) is 1.59. The first kappa shape index (κ1) is 9.89. The Balaban J connectivity index is 1.85. The molecule has 15 heavy (non-hydrogen) atoms. The Bertz CT molecular complexity index is 357. The van der Waals surface area contributed by atoms with E-state index >= 15 is 0 Å². The smallest absolute Gasteiger partial charge is 0.306 e. The Morgan fingerprint density at radius 1 is 1.47 bits per heavy atom. The number of carboxylic acids is 1. The maximum Gasteiger partial charge on any atom is 0.306 e. The van der Waals surface area contributed by atoms with Crippen LogP contribution in [0.2, 0.25) is 0 Å². The number of carboxylic acid groups (broad SMARTS) is 1. The predicted molar refractivity (Wildman–Crippen MR) is 54.5 cm³/mol. The van der Waals surface area contributed by atoms with Crippen LogP contribution in [0.1, 0.15) is 18.4 Å². The first-order chi connectivity index (χ1) is 7.15. The van der Waals surface area contributed by atoms with Gasteiger partial charge in [-0.05, 0) is 25.3 Å². The molecule has 0 aromatic carbocycles. The van der Waals surface area contributed by atoms with Gasteiger partial charge in [-0.25, -0.2) is 9.97 Å². The lowest BCUT2D eigenvalue weighted by atomic mass is 9.80. The molecule has 2 rings (SSSR count). The molecule has 0 aliphatic heterocycles. The highest BCUT2D eigenvalue weighted by atomic mass is 16.4. The lowest BCUT2D eigenvalue weighted by Crippen LogP contribution is -2.39. The summed E-state index contributed by atoms with van der Waals surface area (Å²) < 4.78 is 0. The van der Waals surface area contributed by atoms with Gasteiger partial charge in [-0.3, -0.25) is 4.79 Å². The molecule has 1 aliphatic carbocycles. The van der Waals surface area contributed by atoms with E-state index < -0.39 is 5.97 Å². The van der Waals surface area contributed by atoms with Crippen LogP contribution in [0, 0.1) is 12.8 Å². The largest absolute Gasteiger partial charge is 0.481 e. The van der Waals surface area contributed by atoms with Crippen LogP contribution in [0.5, 0.6) is 0 Å². The highest BCUT2D eigenvalue weighted by molar-refractivity contribution is 5.71. The van der Waals surface area contributed by atoms with E-state index in [0.29, 0.717) is 18.8 Å². The summed E-state index contributed by atoms with van der Waals surface area (Å²) in [4.78, 5) is 18.8. The normalized spacial score (nSPS) is 24.3. The van der Waals surface area contributed by atoms with E-state index in [4.69, 9.17) is 5.11 Å². The fraction of sp³-hybridized carbons (Fsp3) is 0.500. The van der Waals surface area contributed by atoms with Crippen molar-refractivity contribution in [3.63, 3.8) is 0 Å². The maximum absolute atomic E-state index is 10.6. The van der Waals surface area contributed by atoms with E-state index in [1.54, 1.807) is 12.4 Å². The molecule has 1 aromatic rings. The number of aromatic nitrogens is 2. The van der Waals surface area contributed by atoms with Gasteiger partial charge in [0.05, 0.1) is 5.92 Å². The summed E-state index contributed by atoms with van der Waals surface area (Å²) in [5.74, 6) is -0.333. The van der Waals surface area contributed by atoms with Crippen molar-refractivity contribution in [3.8, 4) is 0 Å². The third-order valence-corrected chi connectivity index (χ3v) is 2.60. The molecular weight excluding hydrogens is 194 g/mol. The van der Waals surface area contributed by atoms with Gasteiger partial charge in [-0.1, -0.05) is 0 Å². The highest BCUT2D eigenvalue weighted by Crippen LogP contribution is 2.29.